The largest absolute Gasteiger partial charge is 0.401 e. The van der Waals surface area contributed by atoms with E-state index < -0.39 is 23.3 Å². The Balaban J connectivity index is 1.21. The minimum absolute atomic E-state index is 0.0804. The molecule has 1 amide bonds. The highest BCUT2D eigenvalue weighted by atomic mass is 19.4. The predicted octanol–water partition coefficient (Wildman–Crippen LogP) is 4.37. The van der Waals surface area contributed by atoms with E-state index in [0.29, 0.717) is 23.4 Å². The molecule has 0 saturated heterocycles. The maximum atomic E-state index is 14.8. The quantitative estimate of drug-likeness (QED) is 0.379. The van der Waals surface area contributed by atoms with Gasteiger partial charge in [-0.05, 0) is 30.0 Å². The maximum absolute atomic E-state index is 14.8. The molecule has 5 rings (SSSR count). The number of carbonyl (C=O) groups excluding carboxylic acids is 1. The second-order valence-electron chi connectivity index (χ2n) is 8.78. The molecule has 1 saturated carbocycles. The Hall–Kier alpha value is -4.09. The average Bonchev–Trinajstić information content (AvgIpc) is 3.36. The van der Waals surface area contributed by atoms with Crippen LogP contribution in [0.3, 0.4) is 0 Å². The van der Waals surface area contributed by atoms with Gasteiger partial charge >= 0.3 is 6.18 Å². The average molecular weight is 500 g/mol. The molecule has 1 aliphatic carbocycles. The van der Waals surface area contributed by atoms with Crippen molar-refractivity contribution in [1.29, 1.82) is 0 Å². The van der Waals surface area contributed by atoms with Crippen molar-refractivity contribution < 1.29 is 26.9 Å². The Morgan fingerprint density at radius 3 is 2.50 bits per heavy atom. The number of aryl methyl sites for hydroxylation is 1. The molecule has 1 aliphatic rings. The van der Waals surface area contributed by atoms with Gasteiger partial charge in [-0.25, -0.2) is 14.4 Å². The van der Waals surface area contributed by atoms with Crippen LogP contribution in [0.5, 0.6) is 0 Å². The molecule has 186 valence electrons. The van der Waals surface area contributed by atoms with Crippen LogP contribution in [-0.2, 0) is 30.1 Å². The van der Waals surface area contributed by atoms with Crippen molar-refractivity contribution in [3.05, 3.63) is 77.6 Å². The van der Waals surface area contributed by atoms with E-state index in [4.69, 9.17) is 4.52 Å². The summed E-state index contributed by atoms with van der Waals surface area (Å²) in [5, 5.41) is 10.0. The third-order valence-corrected chi connectivity index (χ3v) is 6.08. The SMILES string of the molecule is Cn1cc(Cc2ncc(-c3ccc(CC(=O)Nc4cc(C5(C(F)(F)F)CC5)on4)cc3F)cn2)cn1. The summed E-state index contributed by atoms with van der Waals surface area (Å²) in [6.07, 6.45) is 2.32. The van der Waals surface area contributed by atoms with Crippen LogP contribution in [0.4, 0.5) is 23.4 Å². The van der Waals surface area contributed by atoms with Gasteiger partial charge in [-0.3, -0.25) is 9.48 Å². The molecule has 36 heavy (non-hydrogen) atoms. The lowest BCUT2D eigenvalue weighted by molar-refractivity contribution is -0.165. The van der Waals surface area contributed by atoms with Gasteiger partial charge in [-0.2, -0.15) is 18.3 Å². The van der Waals surface area contributed by atoms with E-state index in [2.05, 4.69) is 25.5 Å². The van der Waals surface area contributed by atoms with Crippen molar-refractivity contribution in [2.24, 2.45) is 7.05 Å². The van der Waals surface area contributed by atoms with E-state index in [1.807, 2.05) is 13.2 Å². The van der Waals surface area contributed by atoms with E-state index in [1.54, 1.807) is 16.9 Å². The van der Waals surface area contributed by atoms with E-state index >= 15 is 0 Å². The zero-order valence-electron chi connectivity index (χ0n) is 19.0. The smallest absolute Gasteiger partial charge is 0.358 e. The fraction of sp³-hybridized carbons (Fsp3) is 0.292. The summed E-state index contributed by atoms with van der Waals surface area (Å²) < 4.78 is 61.0. The first-order valence-electron chi connectivity index (χ1n) is 11.0. The molecule has 1 aromatic carbocycles. The molecule has 3 heterocycles. The number of hydrogen-bond acceptors (Lipinski definition) is 6. The fourth-order valence-corrected chi connectivity index (χ4v) is 3.96. The van der Waals surface area contributed by atoms with Gasteiger partial charge in [-0.15, -0.1) is 0 Å². The topological polar surface area (TPSA) is 98.7 Å². The Labute approximate surface area is 202 Å². The molecule has 0 atom stereocenters. The molecule has 8 nitrogen and oxygen atoms in total. The van der Waals surface area contributed by atoms with Crippen LogP contribution in [0.1, 0.15) is 35.6 Å². The van der Waals surface area contributed by atoms with Crippen LogP contribution in [0.25, 0.3) is 11.1 Å². The van der Waals surface area contributed by atoms with Gasteiger partial charge < -0.3 is 9.84 Å². The van der Waals surface area contributed by atoms with Crippen molar-refractivity contribution in [2.45, 2.75) is 37.3 Å². The molecule has 1 fully saturated rings. The summed E-state index contributed by atoms with van der Waals surface area (Å²) in [4.78, 5) is 20.9. The number of benzene rings is 1. The number of nitrogens with one attached hydrogen (secondary N) is 1. The van der Waals surface area contributed by atoms with Crippen LogP contribution in [0.2, 0.25) is 0 Å². The Kier molecular flexibility index (Phi) is 5.81. The van der Waals surface area contributed by atoms with Crippen molar-refractivity contribution >= 4 is 11.7 Å². The number of alkyl halides is 3. The zero-order valence-corrected chi connectivity index (χ0v) is 19.0. The monoisotopic (exact) mass is 500 g/mol. The number of amides is 1. The number of aromatic nitrogens is 5. The lowest BCUT2D eigenvalue weighted by Gasteiger charge is -2.14. The third kappa shape index (κ3) is 4.70. The predicted molar refractivity (Wildman–Crippen MR) is 119 cm³/mol. The van der Waals surface area contributed by atoms with Gasteiger partial charge in [0, 0.05) is 49.3 Å². The fourth-order valence-electron chi connectivity index (χ4n) is 3.96. The number of halogens is 4. The molecular formula is C24H20F4N6O2. The second kappa shape index (κ2) is 8.85. The number of rotatable bonds is 7. The summed E-state index contributed by atoms with van der Waals surface area (Å²) in [6.45, 7) is 0. The van der Waals surface area contributed by atoms with Crippen LogP contribution in [0.15, 0.2) is 53.6 Å². The van der Waals surface area contributed by atoms with E-state index in [0.717, 1.165) is 11.6 Å². The van der Waals surface area contributed by atoms with Crippen molar-refractivity contribution in [1.82, 2.24) is 24.9 Å². The van der Waals surface area contributed by atoms with Crippen molar-refractivity contribution in [3.8, 4) is 11.1 Å². The molecule has 0 bridgehead atoms. The van der Waals surface area contributed by atoms with Crippen LogP contribution in [-0.4, -0.2) is 37.0 Å². The second-order valence-corrected chi connectivity index (χ2v) is 8.78. The Morgan fingerprint density at radius 2 is 1.89 bits per heavy atom. The van der Waals surface area contributed by atoms with E-state index in [9.17, 15) is 22.4 Å². The maximum Gasteiger partial charge on any atom is 0.401 e. The molecular weight excluding hydrogens is 480 g/mol. The summed E-state index contributed by atoms with van der Waals surface area (Å²) in [5.74, 6) is -1.00. The highest BCUT2D eigenvalue weighted by molar-refractivity contribution is 5.91. The van der Waals surface area contributed by atoms with Gasteiger partial charge in [0.05, 0.1) is 12.6 Å². The normalized spacial score (nSPS) is 14.6. The van der Waals surface area contributed by atoms with E-state index in [-0.39, 0.29) is 36.4 Å². The molecule has 0 spiro atoms. The summed E-state index contributed by atoms with van der Waals surface area (Å²) in [5.41, 5.74) is 0.0546. The Bertz CT molecular complexity index is 1410. The van der Waals surface area contributed by atoms with Gasteiger partial charge in [0.25, 0.3) is 0 Å². The minimum atomic E-state index is -4.45. The molecule has 0 radical (unpaired) electrons. The number of hydrogen-bond donors (Lipinski definition) is 1. The third-order valence-electron chi connectivity index (χ3n) is 6.08. The molecule has 3 aromatic heterocycles. The lowest BCUT2D eigenvalue weighted by Crippen LogP contribution is -2.28. The van der Waals surface area contributed by atoms with Crippen molar-refractivity contribution in [2.75, 3.05) is 5.32 Å². The van der Waals surface area contributed by atoms with E-state index in [1.165, 1.54) is 24.5 Å². The lowest BCUT2D eigenvalue weighted by atomic mass is 10.0. The highest BCUT2D eigenvalue weighted by Crippen LogP contribution is 2.59. The first-order valence-corrected chi connectivity index (χ1v) is 11.0. The first-order chi connectivity index (χ1) is 17.1. The van der Waals surface area contributed by atoms with Crippen LogP contribution >= 0.6 is 0 Å². The van der Waals surface area contributed by atoms with Gasteiger partial charge in [0.1, 0.15) is 17.1 Å². The van der Waals surface area contributed by atoms with Crippen molar-refractivity contribution in [3.63, 3.8) is 0 Å². The van der Waals surface area contributed by atoms with Gasteiger partial charge in [0.2, 0.25) is 5.91 Å². The molecule has 0 unspecified atom stereocenters. The molecule has 12 heteroatoms. The Morgan fingerprint density at radius 1 is 1.14 bits per heavy atom. The van der Waals surface area contributed by atoms with Crippen LogP contribution < -0.4 is 5.32 Å². The standard InChI is InChI=1S/C24H20F4N6O2/c1-34-13-15(10-31-34)7-20-29-11-16(12-30-20)17-3-2-14(6-18(17)25)8-22(35)32-21-9-19(36-33-21)23(4-5-23)24(26,27)28/h2-3,6,9-13H,4-5,7-8H2,1H3,(H,32,33,35). The van der Waals surface area contributed by atoms with Gasteiger partial charge in [0.15, 0.2) is 11.6 Å². The van der Waals surface area contributed by atoms with Gasteiger partial charge in [-0.1, -0.05) is 17.3 Å². The number of anilines is 1. The zero-order chi connectivity index (χ0) is 25.5. The first kappa shape index (κ1) is 23.6. The molecule has 4 aromatic rings. The summed E-state index contributed by atoms with van der Waals surface area (Å²) >= 11 is 0. The van der Waals surface area contributed by atoms with Crippen LogP contribution in [0, 0.1) is 5.82 Å². The summed E-state index contributed by atoms with van der Waals surface area (Å²) in [6, 6.07) is 5.40. The number of nitrogens with zero attached hydrogens (tertiary/aromatic N) is 5. The minimum Gasteiger partial charge on any atom is -0.358 e. The summed E-state index contributed by atoms with van der Waals surface area (Å²) in [7, 11) is 1.81. The highest BCUT2D eigenvalue weighted by Gasteiger charge is 2.66. The molecule has 0 aliphatic heterocycles. The molecule has 1 N–H and O–H groups in total. The number of carbonyl (C=O) groups is 1.